The summed E-state index contributed by atoms with van der Waals surface area (Å²) in [6.45, 7) is 2.15. The molecule has 0 bridgehead atoms. The minimum Gasteiger partial charge on any atom is -0.373 e. The predicted molar refractivity (Wildman–Crippen MR) is 60.9 cm³/mol. The van der Waals surface area contributed by atoms with Crippen molar-refractivity contribution in [1.82, 2.24) is 5.32 Å². The third-order valence-corrected chi connectivity index (χ3v) is 4.13. The van der Waals surface area contributed by atoms with E-state index in [2.05, 4.69) is 5.32 Å². The van der Waals surface area contributed by atoms with Gasteiger partial charge in [0.05, 0.1) is 12.2 Å². The summed E-state index contributed by atoms with van der Waals surface area (Å²) in [5, 5.41) is 3.66. The first kappa shape index (κ1) is 10.1. The fourth-order valence-electron chi connectivity index (χ4n) is 2.59. The summed E-state index contributed by atoms with van der Waals surface area (Å²) in [6, 6.07) is 0.826. The van der Waals surface area contributed by atoms with Gasteiger partial charge in [0.2, 0.25) is 0 Å². The van der Waals surface area contributed by atoms with E-state index < -0.39 is 0 Å². The highest BCUT2D eigenvalue weighted by atomic mass is 16.5. The number of hydrogen-bond donors (Lipinski definition) is 1. The molecule has 3 aliphatic carbocycles. The maximum atomic E-state index is 6.23. The minimum absolute atomic E-state index is 0.227. The fourth-order valence-corrected chi connectivity index (χ4v) is 2.59. The van der Waals surface area contributed by atoms with Crippen molar-refractivity contribution < 1.29 is 4.74 Å². The van der Waals surface area contributed by atoms with Gasteiger partial charge in [-0.05, 0) is 44.4 Å². The lowest BCUT2D eigenvalue weighted by atomic mass is 10.0. The standard InChI is InChI=1S/C13H23NO/c1-2-8-13(7-1,10-14-12-5-6-12)15-9-11-3-4-11/h11-12,14H,1-10H2. The summed E-state index contributed by atoms with van der Waals surface area (Å²) in [4.78, 5) is 0. The van der Waals surface area contributed by atoms with Crippen LogP contribution in [0.2, 0.25) is 0 Å². The normalized spacial score (nSPS) is 29.6. The Kier molecular flexibility index (Phi) is 2.73. The summed E-state index contributed by atoms with van der Waals surface area (Å²) < 4.78 is 6.23. The van der Waals surface area contributed by atoms with Crippen LogP contribution >= 0.6 is 0 Å². The summed E-state index contributed by atoms with van der Waals surface area (Å²) in [5.41, 5.74) is 0.227. The molecule has 2 heteroatoms. The third-order valence-electron chi connectivity index (χ3n) is 4.13. The number of hydrogen-bond acceptors (Lipinski definition) is 2. The molecule has 0 heterocycles. The Morgan fingerprint density at radius 3 is 2.40 bits per heavy atom. The van der Waals surface area contributed by atoms with E-state index in [0.29, 0.717) is 0 Å². The summed E-state index contributed by atoms with van der Waals surface area (Å²) in [7, 11) is 0. The zero-order valence-corrected chi connectivity index (χ0v) is 9.63. The van der Waals surface area contributed by atoms with Crippen LogP contribution in [0.3, 0.4) is 0 Å². The number of nitrogens with one attached hydrogen (secondary N) is 1. The predicted octanol–water partition coefficient (Wildman–Crippen LogP) is 2.48. The van der Waals surface area contributed by atoms with Gasteiger partial charge >= 0.3 is 0 Å². The van der Waals surface area contributed by atoms with Crippen molar-refractivity contribution in [1.29, 1.82) is 0 Å². The highest BCUT2D eigenvalue weighted by Gasteiger charge is 2.37. The second-order valence-electron chi connectivity index (χ2n) is 5.80. The van der Waals surface area contributed by atoms with E-state index in [-0.39, 0.29) is 5.60 Å². The van der Waals surface area contributed by atoms with Crippen molar-refractivity contribution in [3.05, 3.63) is 0 Å². The van der Waals surface area contributed by atoms with E-state index >= 15 is 0 Å². The lowest BCUT2D eigenvalue weighted by molar-refractivity contribution is -0.0445. The second kappa shape index (κ2) is 4.06. The second-order valence-corrected chi connectivity index (χ2v) is 5.80. The molecular weight excluding hydrogens is 186 g/mol. The Morgan fingerprint density at radius 2 is 1.80 bits per heavy atom. The molecule has 0 unspecified atom stereocenters. The maximum Gasteiger partial charge on any atom is 0.0806 e. The lowest BCUT2D eigenvalue weighted by Crippen LogP contribution is -2.42. The van der Waals surface area contributed by atoms with Crippen LogP contribution in [0.4, 0.5) is 0 Å². The summed E-state index contributed by atoms with van der Waals surface area (Å²) in [6.07, 6.45) is 10.9. The molecule has 0 aromatic heterocycles. The fraction of sp³-hybridized carbons (Fsp3) is 1.00. The van der Waals surface area contributed by atoms with Crippen LogP contribution in [0.15, 0.2) is 0 Å². The molecule has 0 aliphatic heterocycles. The SMILES string of the molecule is C1CCC(CNC2CC2)(OCC2CC2)C1. The molecule has 0 aromatic rings. The van der Waals surface area contributed by atoms with Gasteiger partial charge in [-0.2, -0.15) is 0 Å². The van der Waals surface area contributed by atoms with Gasteiger partial charge < -0.3 is 10.1 Å². The van der Waals surface area contributed by atoms with Crippen molar-refractivity contribution in [3.8, 4) is 0 Å². The van der Waals surface area contributed by atoms with E-state index in [1.807, 2.05) is 0 Å². The number of ether oxygens (including phenoxy) is 1. The first-order valence-electron chi connectivity index (χ1n) is 6.74. The van der Waals surface area contributed by atoms with Crippen molar-refractivity contribution in [3.63, 3.8) is 0 Å². The molecule has 3 aliphatic rings. The summed E-state index contributed by atoms with van der Waals surface area (Å²) in [5.74, 6) is 0.906. The van der Waals surface area contributed by atoms with E-state index in [4.69, 9.17) is 4.74 Å². The Morgan fingerprint density at radius 1 is 1.07 bits per heavy atom. The smallest absolute Gasteiger partial charge is 0.0806 e. The van der Waals surface area contributed by atoms with Crippen molar-refractivity contribution in [2.75, 3.05) is 13.2 Å². The van der Waals surface area contributed by atoms with Gasteiger partial charge in [0, 0.05) is 12.6 Å². The molecule has 0 saturated heterocycles. The van der Waals surface area contributed by atoms with Crippen LogP contribution in [-0.2, 0) is 4.74 Å². The molecule has 15 heavy (non-hydrogen) atoms. The first-order valence-corrected chi connectivity index (χ1v) is 6.74. The van der Waals surface area contributed by atoms with Crippen LogP contribution in [0, 0.1) is 5.92 Å². The first-order chi connectivity index (χ1) is 7.36. The van der Waals surface area contributed by atoms with Crippen molar-refractivity contribution in [2.45, 2.75) is 63.0 Å². The van der Waals surface area contributed by atoms with Gasteiger partial charge in [0.25, 0.3) is 0 Å². The van der Waals surface area contributed by atoms with E-state index in [1.54, 1.807) is 0 Å². The molecule has 2 nitrogen and oxygen atoms in total. The molecule has 86 valence electrons. The van der Waals surface area contributed by atoms with Crippen molar-refractivity contribution in [2.24, 2.45) is 5.92 Å². The largest absolute Gasteiger partial charge is 0.373 e. The quantitative estimate of drug-likeness (QED) is 0.725. The average Bonchev–Trinajstić information content (AvgIpc) is 3.15. The van der Waals surface area contributed by atoms with Crippen LogP contribution in [-0.4, -0.2) is 24.8 Å². The highest BCUT2D eigenvalue weighted by Crippen LogP contribution is 2.37. The Bertz CT molecular complexity index is 197. The third kappa shape index (κ3) is 2.73. The molecule has 1 N–H and O–H groups in total. The van der Waals surface area contributed by atoms with E-state index in [0.717, 1.165) is 25.1 Å². The monoisotopic (exact) mass is 209 g/mol. The van der Waals surface area contributed by atoms with Crippen molar-refractivity contribution >= 4 is 0 Å². The average molecular weight is 209 g/mol. The Hall–Kier alpha value is -0.0800. The van der Waals surface area contributed by atoms with Gasteiger partial charge in [-0.25, -0.2) is 0 Å². The van der Waals surface area contributed by atoms with E-state index in [1.165, 1.54) is 51.4 Å². The van der Waals surface area contributed by atoms with E-state index in [9.17, 15) is 0 Å². The summed E-state index contributed by atoms with van der Waals surface area (Å²) >= 11 is 0. The minimum atomic E-state index is 0.227. The molecule has 0 amide bonds. The van der Waals surface area contributed by atoms with Gasteiger partial charge in [0.15, 0.2) is 0 Å². The van der Waals surface area contributed by atoms with Gasteiger partial charge in [-0.3, -0.25) is 0 Å². The molecule has 3 fully saturated rings. The molecule has 0 aromatic carbocycles. The van der Waals surface area contributed by atoms with Gasteiger partial charge in [-0.1, -0.05) is 12.8 Å². The molecule has 0 atom stereocenters. The Balaban J connectivity index is 1.48. The highest BCUT2D eigenvalue weighted by molar-refractivity contribution is 4.93. The maximum absolute atomic E-state index is 6.23. The van der Waals surface area contributed by atoms with Crippen LogP contribution in [0.5, 0.6) is 0 Å². The molecule has 0 radical (unpaired) electrons. The molecule has 3 rings (SSSR count). The van der Waals surface area contributed by atoms with Crippen LogP contribution in [0.25, 0.3) is 0 Å². The zero-order valence-electron chi connectivity index (χ0n) is 9.63. The molecule has 0 spiro atoms. The topological polar surface area (TPSA) is 21.3 Å². The van der Waals surface area contributed by atoms with Crippen LogP contribution < -0.4 is 5.32 Å². The van der Waals surface area contributed by atoms with Gasteiger partial charge in [-0.15, -0.1) is 0 Å². The lowest BCUT2D eigenvalue weighted by Gasteiger charge is -2.30. The number of rotatable bonds is 6. The molecule has 3 saturated carbocycles. The van der Waals surface area contributed by atoms with Gasteiger partial charge in [0.1, 0.15) is 0 Å². The molecular formula is C13H23NO. The Labute approximate surface area is 92.8 Å². The van der Waals surface area contributed by atoms with Crippen LogP contribution in [0.1, 0.15) is 51.4 Å². The zero-order chi connectivity index (χ0) is 10.1.